The third-order valence-electron chi connectivity index (χ3n) is 1.70. The number of rotatable bonds is 3. The number of benzene rings is 1. The third kappa shape index (κ3) is 2.20. The van der Waals surface area contributed by atoms with E-state index < -0.39 is 0 Å². The van der Waals surface area contributed by atoms with Gasteiger partial charge in [0.25, 0.3) is 0 Å². The third-order valence-corrected chi connectivity index (χ3v) is 2.84. The van der Waals surface area contributed by atoms with Crippen molar-refractivity contribution in [3.8, 4) is 11.5 Å². The molecule has 0 aromatic heterocycles. The van der Waals surface area contributed by atoms with Crippen molar-refractivity contribution in [3.05, 3.63) is 21.3 Å². The molecule has 0 atom stereocenters. The molecule has 0 saturated heterocycles. The molecule has 0 amide bonds. The largest absolute Gasteiger partial charge is 0.492 e. The summed E-state index contributed by atoms with van der Waals surface area (Å²) in [4.78, 5) is 0. The number of halogens is 2. The summed E-state index contributed by atoms with van der Waals surface area (Å²) in [6.07, 6.45) is 0. The Morgan fingerprint density at radius 1 is 1.23 bits per heavy atom. The van der Waals surface area contributed by atoms with Crippen LogP contribution in [0.3, 0.4) is 0 Å². The Morgan fingerprint density at radius 2 is 1.85 bits per heavy atom. The number of alkyl halides is 1. The summed E-state index contributed by atoms with van der Waals surface area (Å²) in [5, 5.41) is 0. The van der Waals surface area contributed by atoms with Crippen molar-refractivity contribution in [2.45, 2.75) is 5.88 Å². The lowest BCUT2D eigenvalue weighted by atomic mass is 10.2. The molecule has 1 aromatic carbocycles. The summed E-state index contributed by atoms with van der Waals surface area (Å²) < 4.78 is 11.5. The molecule has 0 radical (unpaired) electrons. The summed E-state index contributed by atoms with van der Waals surface area (Å²) in [6.45, 7) is 0. The zero-order valence-electron chi connectivity index (χ0n) is 7.43. The molecule has 0 spiro atoms. The number of hydrogen-bond donors (Lipinski definition) is 0. The van der Waals surface area contributed by atoms with Crippen molar-refractivity contribution in [1.29, 1.82) is 0 Å². The monoisotopic (exact) mass is 312 g/mol. The van der Waals surface area contributed by atoms with Gasteiger partial charge in [-0.1, -0.05) is 6.07 Å². The van der Waals surface area contributed by atoms with E-state index in [1.807, 2.05) is 12.1 Å². The van der Waals surface area contributed by atoms with Gasteiger partial charge in [0.15, 0.2) is 11.5 Å². The normalized spacial score (nSPS) is 9.85. The lowest BCUT2D eigenvalue weighted by Crippen LogP contribution is -1.96. The van der Waals surface area contributed by atoms with E-state index in [1.165, 1.54) is 0 Å². The maximum Gasteiger partial charge on any atom is 0.174 e. The maximum atomic E-state index is 5.75. The highest BCUT2D eigenvalue weighted by molar-refractivity contribution is 14.1. The smallest absolute Gasteiger partial charge is 0.174 e. The molecular weight excluding hydrogens is 302 g/mol. The summed E-state index contributed by atoms with van der Waals surface area (Å²) in [5.41, 5.74) is 0.946. The molecule has 0 fully saturated rings. The lowest BCUT2D eigenvalue weighted by Gasteiger charge is -2.12. The van der Waals surface area contributed by atoms with E-state index in [0.29, 0.717) is 5.88 Å². The highest BCUT2D eigenvalue weighted by atomic mass is 127. The fraction of sp³-hybridized carbons (Fsp3) is 0.333. The van der Waals surface area contributed by atoms with Gasteiger partial charge in [0.05, 0.1) is 23.7 Å². The maximum absolute atomic E-state index is 5.75. The quantitative estimate of drug-likeness (QED) is 0.631. The Morgan fingerprint density at radius 3 is 2.31 bits per heavy atom. The Kier molecular flexibility index (Phi) is 4.12. The van der Waals surface area contributed by atoms with Crippen LogP contribution in [0.2, 0.25) is 0 Å². The van der Waals surface area contributed by atoms with Crippen molar-refractivity contribution >= 4 is 34.2 Å². The van der Waals surface area contributed by atoms with Crippen LogP contribution in [0.4, 0.5) is 0 Å². The van der Waals surface area contributed by atoms with Crippen molar-refractivity contribution in [1.82, 2.24) is 0 Å². The fourth-order valence-electron chi connectivity index (χ4n) is 1.10. The molecule has 0 N–H and O–H groups in total. The summed E-state index contributed by atoms with van der Waals surface area (Å²) in [5.74, 6) is 1.90. The van der Waals surface area contributed by atoms with Crippen LogP contribution in [0.1, 0.15) is 5.56 Å². The molecule has 0 aliphatic heterocycles. The first-order chi connectivity index (χ1) is 6.24. The molecule has 0 bridgehead atoms. The topological polar surface area (TPSA) is 18.5 Å². The Hall–Kier alpha value is -0.160. The number of methoxy groups -OCH3 is 2. The molecule has 0 aliphatic rings. The molecule has 0 heterocycles. The minimum atomic E-state index is 0.427. The highest BCUT2D eigenvalue weighted by Gasteiger charge is 2.12. The highest BCUT2D eigenvalue weighted by Crippen LogP contribution is 2.36. The molecule has 0 saturated carbocycles. The predicted octanol–water partition coefficient (Wildman–Crippen LogP) is 3.05. The average molecular weight is 313 g/mol. The molecule has 2 nitrogen and oxygen atoms in total. The van der Waals surface area contributed by atoms with E-state index in [9.17, 15) is 0 Å². The zero-order valence-corrected chi connectivity index (χ0v) is 10.3. The number of ether oxygens (including phenoxy) is 2. The minimum absolute atomic E-state index is 0.427. The average Bonchev–Trinajstić information content (AvgIpc) is 2.17. The SMILES string of the molecule is COc1c(I)ccc(CCl)c1OC. The van der Waals surface area contributed by atoms with Crippen LogP contribution in [0, 0.1) is 3.57 Å². The molecular formula is C9H10ClIO2. The van der Waals surface area contributed by atoms with Gasteiger partial charge in [0, 0.05) is 5.56 Å². The van der Waals surface area contributed by atoms with E-state index >= 15 is 0 Å². The van der Waals surface area contributed by atoms with Crippen molar-refractivity contribution in [2.75, 3.05) is 14.2 Å². The van der Waals surface area contributed by atoms with E-state index in [2.05, 4.69) is 22.6 Å². The Labute approximate surface area is 96.3 Å². The van der Waals surface area contributed by atoms with Crippen molar-refractivity contribution in [2.24, 2.45) is 0 Å². The van der Waals surface area contributed by atoms with Crippen LogP contribution < -0.4 is 9.47 Å². The van der Waals surface area contributed by atoms with Crippen LogP contribution >= 0.6 is 34.2 Å². The van der Waals surface area contributed by atoms with Crippen LogP contribution in [0.25, 0.3) is 0 Å². The van der Waals surface area contributed by atoms with Crippen LogP contribution in [0.5, 0.6) is 11.5 Å². The van der Waals surface area contributed by atoms with Gasteiger partial charge in [-0.05, 0) is 28.7 Å². The molecule has 72 valence electrons. The van der Waals surface area contributed by atoms with Crippen molar-refractivity contribution < 1.29 is 9.47 Å². The van der Waals surface area contributed by atoms with E-state index in [1.54, 1.807) is 14.2 Å². The van der Waals surface area contributed by atoms with E-state index in [0.717, 1.165) is 20.6 Å². The van der Waals surface area contributed by atoms with Crippen LogP contribution in [-0.2, 0) is 5.88 Å². The van der Waals surface area contributed by atoms with Gasteiger partial charge in [-0.2, -0.15) is 0 Å². The zero-order chi connectivity index (χ0) is 9.84. The first kappa shape index (κ1) is 10.9. The van der Waals surface area contributed by atoms with Gasteiger partial charge < -0.3 is 9.47 Å². The predicted molar refractivity (Wildman–Crippen MR) is 61.8 cm³/mol. The standard InChI is InChI=1S/C9H10ClIO2/c1-12-8-6(5-10)3-4-7(11)9(8)13-2/h3-4H,5H2,1-2H3. The molecule has 0 unspecified atom stereocenters. The van der Waals surface area contributed by atoms with E-state index in [4.69, 9.17) is 21.1 Å². The summed E-state index contributed by atoms with van der Waals surface area (Å²) in [7, 11) is 3.24. The van der Waals surface area contributed by atoms with Crippen molar-refractivity contribution in [3.63, 3.8) is 0 Å². The molecule has 4 heteroatoms. The van der Waals surface area contributed by atoms with Gasteiger partial charge in [-0.3, -0.25) is 0 Å². The molecule has 1 aromatic rings. The number of hydrogen-bond acceptors (Lipinski definition) is 2. The molecule has 0 aliphatic carbocycles. The van der Waals surface area contributed by atoms with Gasteiger partial charge in [-0.15, -0.1) is 11.6 Å². The first-order valence-corrected chi connectivity index (χ1v) is 5.31. The fourth-order valence-corrected chi connectivity index (χ4v) is 1.95. The first-order valence-electron chi connectivity index (χ1n) is 3.70. The lowest BCUT2D eigenvalue weighted by molar-refractivity contribution is 0.350. The van der Waals surface area contributed by atoms with E-state index in [-0.39, 0.29) is 0 Å². The molecule has 13 heavy (non-hydrogen) atoms. The van der Waals surface area contributed by atoms with Gasteiger partial charge >= 0.3 is 0 Å². The van der Waals surface area contributed by atoms with Crippen LogP contribution in [0.15, 0.2) is 12.1 Å². The van der Waals surface area contributed by atoms with Gasteiger partial charge in [-0.25, -0.2) is 0 Å². The second-order valence-electron chi connectivity index (χ2n) is 2.41. The minimum Gasteiger partial charge on any atom is -0.492 e. The Bertz CT molecular complexity index is 302. The molecule has 1 rings (SSSR count). The summed E-state index contributed by atoms with van der Waals surface area (Å²) >= 11 is 7.95. The van der Waals surface area contributed by atoms with Gasteiger partial charge in [0.1, 0.15) is 0 Å². The second-order valence-corrected chi connectivity index (χ2v) is 3.84. The summed E-state index contributed by atoms with van der Waals surface area (Å²) in [6, 6.07) is 3.90. The van der Waals surface area contributed by atoms with Crippen LogP contribution in [-0.4, -0.2) is 14.2 Å². The van der Waals surface area contributed by atoms with Gasteiger partial charge in [0.2, 0.25) is 0 Å². The Balaban J connectivity index is 3.27. The second kappa shape index (κ2) is 4.91.